The van der Waals surface area contributed by atoms with E-state index < -0.39 is 10.2 Å². The molecule has 3 N–H and O–H groups in total. The summed E-state index contributed by atoms with van der Waals surface area (Å²) in [5, 5.41) is 3.12. The molecule has 0 bridgehead atoms. The lowest BCUT2D eigenvalue weighted by atomic mass is 10.3. The Kier molecular flexibility index (Phi) is 7.48. The lowest BCUT2D eigenvalue weighted by Crippen LogP contribution is -2.57. The van der Waals surface area contributed by atoms with Crippen molar-refractivity contribution in [1.29, 1.82) is 0 Å². The summed E-state index contributed by atoms with van der Waals surface area (Å²) in [4.78, 5) is 15.0. The van der Waals surface area contributed by atoms with Crippen LogP contribution in [-0.4, -0.2) is 95.5 Å². The van der Waals surface area contributed by atoms with Gasteiger partial charge < -0.3 is 20.5 Å². The topological polar surface area (TPSA) is 139 Å². The molecule has 0 aliphatic carbocycles. The lowest BCUT2D eigenvalue weighted by molar-refractivity contribution is -0.0457. The molecule has 4 rings (SSSR count). The Morgan fingerprint density at radius 3 is 2.41 bits per heavy atom. The zero-order valence-corrected chi connectivity index (χ0v) is 20.5. The standard InChI is InChI=1S/C21H32N8O4S/c1-15-12-29(13-16(2)33-15)34(30,31)28-10-8-27(9-11-28)14-19-24-20(22)26-21(25-19)23-17-6-4-5-7-18(17)32-3/h4-7,15-16H,8-14H2,1-3H3,(H3,22,23,24,25,26). The van der Waals surface area contributed by atoms with Gasteiger partial charge in [0.05, 0.1) is 31.5 Å². The van der Waals surface area contributed by atoms with Crippen LogP contribution in [0.1, 0.15) is 19.7 Å². The number of ether oxygens (including phenoxy) is 2. The molecule has 2 aromatic rings. The minimum Gasteiger partial charge on any atom is -0.495 e. The first-order valence-electron chi connectivity index (χ1n) is 11.3. The molecule has 3 heterocycles. The van der Waals surface area contributed by atoms with Gasteiger partial charge in [-0.15, -0.1) is 0 Å². The Bertz CT molecular complexity index is 1080. The van der Waals surface area contributed by atoms with E-state index >= 15 is 0 Å². The molecule has 2 aliphatic heterocycles. The van der Waals surface area contributed by atoms with Gasteiger partial charge in [0.1, 0.15) is 11.6 Å². The normalized spacial score (nSPS) is 23.0. The third kappa shape index (κ3) is 5.73. The molecule has 186 valence electrons. The van der Waals surface area contributed by atoms with Gasteiger partial charge in [0, 0.05) is 39.3 Å². The summed E-state index contributed by atoms with van der Waals surface area (Å²) in [6.45, 7) is 6.90. The largest absolute Gasteiger partial charge is 0.495 e. The van der Waals surface area contributed by atoms with Crippen LogP contribution in [0.2, 0.25) is 0 Å². The van der Waals surface area contributed by atoms with Gasteiger partial charge >= 0.3 is 0 Å². The number of benzene rings is 1. The summed E-state index contributed by atoms with van der Waals surface area (Å²) in [5.74, 6) is 1.60. The van der Waals surface area contributed by atoms with Crippen molar-refractivity contribution >= 4 is 27.8 Å². The number of para-hydroxylation sites is 2. The number of anilines is 3. The van der Waals surface area contributed by atoms with E-state index in [-0.39, 0.29) is 18.2 Å². The van der Waals surface area contributed by atoms with Crippen LogP contribution in [0.25, 0.3) is 0 Å². The van der Waals surface area contributed by atoms with E-state index in [1.807, 2.05) is 38.1 Å². The monoisotopic (exact) mass is 492 g/mol. The van der Waals surface area contributed by atoms with Crippen molar-refractivity contribution in [2.75, 3.05) is 57.4 Å². The van der Waals surface area contributed by atoms with Crippen LogP contribution in [0, 0.1) is 0 Å². The first-order chi connectivity index (χ1) is 16.2. The fraction of sp³-hybridized carbons (Fsp3) is 0.571. The SMILES string of the molecule is COc1ccccc1Nc1nc(N)nc(CN2CCN(S(=O)(=O)N3CC(C)OC(C)C3)CC2)n1. The number of hydrogen-bond donors (Lipinski definition) is 2. The molecule has 2 atom stereocenters. The average molecular weight is 493 g/mol. The molecular formula is C21H32N8O4S. The molecule has 2 saturated heterocycles. The third-order valence-electron chi connectivity index (χ3n) is 5.79. The van der Waals surface area contributed by atoms with E-state index in [0.717, 1.165) is 0 Å². The Morgan fingerprint density at radius 1 is 1.06 bits per heavy atom. The molecule has 0 amide bonds. The number of piperazine rings is 1. The van der Waals surface area contributed by atoms with Crippen LogP contribution in [0.4, 0.5) is 17.6 Å². The molecule has 12 nitrogen and oxygen atoms in total. The summed E-state index contributed by atoms with van der Waals surface area (Å²) >= 11 is 0. The van der Waals surface area contributed by atoms with Gasteiger partial charge in [-0.3, -0.25) is 4.90 Å². The second-order valence-electron chi connectivity index (χ2n) is 8.52. The molecule has 2 aliphatic rings. The van der Waals surface area contributed by atoms with E-state index in [1.54, 1.807) is 11.4 Å². The van der Waals surface area contributed by atoms with Gasteiger partial charge in [0.25, 0.3) is 10.2 Å². The first kappa shape index (κ1) is 24.5. The number of nitrogens with one attached hydrogen (secondary N) is 1. The number of hydrogen-bond acceptors (Lipinski definition) is 10. The minimum atomic E-state index is -3.52. The molecule has 1 aromatic carbocycles. The quantitative estimate of drug-likeness (QED) is 0.567. The Labute approximate surface area is 200 Å². The van der Waals surface area contributed by atoms with Crippen molar-refractivity contribution in [1.82, 2.24) is 28.5 Å². The van der Waals surface area contributed by atoms with Gasteiger partial charge in [-0.05, 0) is 26.0 Å². The van der Waals surface area contributed by atoms with Crippen molar-refractivity contribution < 1.29 is 17.9 Å². The Balaban J connectivity index is 1.38. The third-order valence-corrected chi connectivity index (χ3v) is 7.76. The zero-order chi connectivity index (χ0) is 24.3. The van der Waals surface area contributed by atoms with Crippen LogP contribution in [0.5, 0.6) is 5.75 Å². The molecule has 13 heteroatoms. The number of nitrogens with two attached hydrogens (primary N) is 1. The highest BCUT2D eigenvalue weighted by Crippen LogP contribution is 2.26. The highest BCUT2D eigenvalue weighted by atomic mass is 32.2. The van der Waals surface area contributed by atoms with Gasteiger partial charge in [-0.25, -0.2) is 0 Å². The second kappa shape index (κ2) is 10.4. The predicted molar refractivity (Wildman–Crippen MR) is 128 cm³/mol. The lowest BCUT2D eigenvalue weighted by Gasteiger charge is -2.40. The molecule has 2 fully saturated rings. The molecule has 34 heavy (non-hydrogen) atoms. The Hall–Kier alpha value is -2.58. The van der Waals surface area contributed by atoms with E-state index in [2.05, 4.69) is 25.2 Å². The van der Waals surface area contributed by atoms with Crippen LogP contribution < -0.4 is 15.8 Å². The average Bonchev–Trinajstić information content (AvgIpc) is 2.79. The predicted octanol–water partition coefficient (Wildman–Crippen LogP) is 0.678. The van der Waals surface area contributed by atoms with Gasteiger partial charge in [0.15, 0.2) is 0 Å². The fourth-order valence-corrected chi connectivity index (χ4v) is 5.98. The number of morpholine rings is 1. The van der Waals surface area contributed by atoms with Crippen molar-refractivity contribution in [3.63, 3.8) is 0 Å². The number of aromatic nitrogens is 3. The van der Waals surface area contributed by atoms with E-state index in [9.17, 15) is 8.42 Å². The first-order valence-corrected chi connectivity index (χ1v) is 12.7. The molecular weight excluding hydrogens is 460 g/mol. The summed E-state index contributed by atoms with van der Waals surface area (Å²) in [6, 6.07) is 7.44. The maximum absolute atomic E-state index is 13.1. The Morgan fingerprint density at radius 2 is 1.74 bits per heavy atom. The van der Waals surface area contributed by atoms with Crippen molar-refractivity contribution in [3.8, 4) is 5.75 Å². The van der Waals surface area contributed by atoms with E-state index in [1.165, 1.54) is 4.31 Å². The van der Waals surface area contributed by atoms with Crippen LogP contribution >= 0.6 is 0 Å². The fourth-order valence-electron chi connectivity index (χ4n) is 4.23. The summed E-state index contributed by atoms with van der Waals surface area (Å²) in [5.41, 5.74) is 6.63. The second-order valence-corrected chi connectivity index (χ2v) is 10.4. The maximum atomic E-state index is 13.1. The summed E-state index contributed by atoms with van der Waals surface area (Å²) in [7, 11) is -1.93. The summed E-state index contributed by atoms with van der Waals surface area (Å²) < 4.78 is 40.4. The number of methoxy groups -OCH3 is 1. The number of rotatable bonds is 7. The van der Waals surface area contributed by atoms with E-state index in [0.29, 0.717) is 69.0 Å². The zero-order valence-electron chi connectivity index (χ0n) is 19.7. The van der Waals surface area contributed by atoms with E-state index in [4.69, 9.17) is 15.2 Å². The van der Waals surface area contributed by atoms with Crippen LogP contribution in [0.3, 0.4) is 0 Å². The van der Waals surface area contributed by atoms with Crippen LogP contribution in [-0.2, 0) is 21.5 Å². The van der Waals surface area contributed by atoms with Crippen molar-refractivity contribution in [2.45, 2.75) is 32.6 Å². The van der Waals surface area contributed by atoms with Gasteiger partial charge in [-0.1, -0.05) is 12.1 Å². The molecule has 0 spiro atoms. The van der Waals surface area contributed by atoms with Gasteiger partial charge in [-0.2, -0.15) is 32.0 Å². The molecule has 0 saturated carbocycles. The van der Waals surface area contributed by atoms with Crippen molar-refractivity contribution in [3.05, 3.63) is 30.1 Å². The van der Waals surface area contributed by atoms with Crippen LogP contribution in [0.15, 0.2) is 24.3 Å². The summed E-state index contributed by atoms with van der Waals surface area (Å²) in [6.07, 6.45) is -0.236. The maximum Gasteiger partial charge on any atom is 0.282 e. The van der Waals surface area contributed by atoms with Crippen molar-refractivity contribution in [2.24, 2.45) is 0 Å². The highest BCUT2D eigenvalue weighted by molar-refractivity contribution is 7.86. The smallest absolute Gasteiger partial charge is 0.282 e. The molecule has 1 aromatic heterocycles. The molecule has 2 unspecified atom stereocenters. The van der Waals surface area contributed by atoms with Gasteiger partial charge in [0.2, 0.25) is 11.9 Å². The highest BCUT2D eigenvalue weighted by Gasteiger charge is 2.36. The number of nitrogen functional groups attached to an aromatic ring is 1. The minimum absolute atomic E-state index is 0.110. The molecule has 0 radical (unpaired) electrons. The number of nitrogens with zero attached hydrogens (tertiary/aromatic N) is 6.